The van der Waals surface area contributed by atoms with Gasteiger partial charge in [-0.2, -0.15) is 0 Å². The highest BCUT2D eigenvalue weighted by atomic mass is 35.5. The number of rotatable bonds is 5. The molecule has 5 rings (SSSR count). The van der Waals surface area contributed by atoms with Crippen molar-refractivity contribution in [1.29, 1.82) is 0 Å². The number of amides is 1. The molecule has 0 saturated carbocycles. The number of hydrogen-bond acceptors (Lipinski definition) is 6. The number of aromatic nitrogens is 4. The van der Waals surface area contributed by atoms with Gasteiger partial charge in [-0.25, -0.2) is 9.37 Å². The minimum atomic E-state index is -0.421. The molecular weight excluding hydrogens is 457 g/mol. The van der Waals surface area contributed by atoms with Gasteiger partial charge >= 0.3 is 0 Å². The van der Waals surface area contributed by atoms with Crippen molar-refractivity contribution in [2.45, 2.75) is 0 Å². The van der Waals surface area contributed by atoms with Crippen molar-refractivity contribution in [2.24, 2.45) is 0 Å². The Bertz CT molecular complexity index is 1330. The lowest BCUT2D eigenvalue weighted by molar-refractivity contribution is -0.117. The Morgan fingerprint density at radius 3 is 2.71 bits per heavy atom. The van der Waals surface area contributed by atoms with Gasteiger partial charge in [0.05, 0.1) is 45.7 Å². The molecule has 0 aliphatic carbocycles. The molecule has 1 aliphatic heterocycles. The molecule has 4 aromatic rings. The van der Waals surface area contributed by atoms with Crippen LogP contribution in [-0.4, -0.2) is 75.4 Å². The van der Waals surface area contributed by atoms with Gasteiger partial charge in [-0.1, -0.05) is 11.6 Å². The number of hydrogen-bond donors (Lipinski definition) is 2. The fraction of sp³-hybridized carbons (Fsp3) is 0.250. The second-order valence-electron chi connectivity index (χ2n) is 8.34. The van der Waals surface area contributed by atoms with Crippen LogP contribution in [0, 0.1) is 5.82 Å². The SMILES string of the molecule is CN1CCN(CC(=O)Nc2cc(-c3[nH]c4cc(Cl)cnc4c3-c3ccc(F)cn3)ccn2)CC1. The molecule has 8 nitrogen and oxygen atoms in total. The number of anilines is 1. The van der Waals surface area contributed by atoms with Crippen molar-refractivity contribution in [2.75, 3.05) is 45.1 Å². The van der Waals surface area contributed by atoms with Gasteiger partial charge in [0, 0.05) is 44.1 Å². The zero-order valence-corrected chi connectivity index (χ0v) is 19.3. The number of fused-ring (bicyclic) bond motifs is 1. The standard InChI is InChI=1S/C24H23ClFN7O/c1-32-6-8-33(9-7-32)14-21(34)31-20-10-15(4-5-27-20)23-22(18-3-2-17(26)13-28-18)24-19(30-23)11-16(25)12-29-24/h2-5,10-13,30H,6-9,14H2,1H3,(H,27,31,34). The topological polar surface area (TPSA) is 90.0 Å². The summed E-state index contributed by atoms with van der Waals surface area (Å²) in [6, 6.07) is 8.37. The minimum absolute atomic E-state index is 0.111. The van der Waals surface area contributed by atoms with Crippen LogP contribution >= 0.6 is 11.6 Å². The van der Waals surface area contributed by atoms with Gasteiger partial charge in [0.25, 0.3) is 0 Å². The summed E-state index contributed by atoms with van der Waals surface area (Å²) in [4.78, 5) is 33.4. The first-order valence-corrected chi connectivity index (χ1v) is 11.3. The summed E-state index contributed by atoms with van der Waals surface area (Å²) >= 11 is 6.15. The summed E-state index contributed by atoms with van der Waals surface area (Å²) in [5, 5.41) is 3.39. The largest absolute Gasteiger partial charge is 0.353 e. The molecular formula is C24H23ClFN7O. The molecule has 1 aliphatic rings. The Kier molecular flexibility index (Phi) is 6.23. The quantitative estimate of drug-likeness (QED) is 0.454. The molecule has 174 valence electrons. The molecule has 4 aromatic heterocycles. The first-order valence-electron chi connectivity index (χ1n) is 10.9. The third-order valence-electron chi connectivity index (χ3n) is 5.86. The van der Waals surface area contributed by atoms with E-state index >= 15 is 0 Å². The van der Waals surface area contributed by atoms with E-state index < -0.39 is 5.82 Å². The van der Waals surface area contributed by atoms with Gasteiger partial charge in [0.1, 0.15) is 11.6 Å². The van der Waals surface area contributed by atoms with E-state index in [4.69, 9.17) is 11.6 Å². The van der Waals surface area contributed by atoms with E-state index in [-0.39, 0.29) is 5.91 Å². The van der Waals surface area contributed by atoms with E-state index in [1.54, 1.807) is 30.6 Å². The summed E-state index contributed by atoms with van der Waals surface area (Å²) in [5.74, 6) is -0.0885. The molecule has 0 aromatic carbocycles. The van der Waals surface area contributed by atoms with Gasteiger partial charge in [0.2, 0.25) is 5.91 Å². The van der Waals surface area contributed by atoms with Gasteiger partial charge in [-0.15, -0.1) is 0 Å². The number of H-pyrrole nitrogens is 1. The van der Waals surface area contributed by atoms with Crippen LogP contribution in [0.2, 0.25) is 5.02 Å². The predicted octanol–water partition coefficient (Wildman–Crippen LogP) is 3.67. The number of halogens is 2. The first kappa shape index (κ1) is 22.4. The summed E-state index contributed by atoms with van der Waals surface area (Å²) in [6.45, 7) is 3.92. The summed E-state index contributed by atoms with van der Waals surface area (Å²) in [6.07, 6.45) is 4.37. The van der Waals surface area contributed by atoms with Crippen molar-refractivity contribution >= 4 is 34.4 Å². The number of carbonyl (C=O) groups excluding carboxylic acids is 1. The zero-order chi connectivity index (χ0) is 23.7. The zero-order valence-electron chi connectivity index (χ0n) is 18.6. The van der Waals surface area contributed by atoms with E-state index in [0.29, 0.717) is 34.2 Å². The second-order valence-corrected chi connectivity index (χ2v) is 8.78. The average Bonchev–Trinajstić information content (AvgIpc) is 3.20. The summed E-state index contributed by atoms with van der Waals surface area (Å²) in [5.41, 5.74) is 4.17. The lowest BCUT2D eigenvalue weighted by atomic mass is 10.0. The lowest BCUT2D eigenvalue weighted by Crippen LogP contribution is -2.47. The van der Waals surface area contributed by atoms with Crippen LogP contribution in [0.25, 0.3) is 33.5 Å². The van der Waals surface area contributed by atoms with Crippen LogP contribution in [-0.2, 0) is 4.79 Å². The highest BCUT2D eigenvalue weighted by Gasteiger charge is 2.20. The lowest BCUT2D eigenvalue weighted by Gasteiger charge is -2.31. The number of piperazine rings is 1. The Hall–Kier alpha value is -3.40. The van der Waals surface area contributed by atoms with Crippen LogP contribution in [0.1, 0.15) is 0 Å². The second kappa shape index (κ2) is 9.46. The number of pyridine rings is 3. The first-order chi connectivity index (χ1) is 16.5. The van der Waals surface area contributed by atoms with Gasteiger partial charge in [0.15, 0.2) is 0 Å². The van der Waals surface area contributed by atoms with E-state index in [0.717, 1.165) is 43.0 Å². The van der Waals surface area contributed by atoms with Crippen LogP contribution in [0.4, 0.5) is 10.2 Å². The van der Waals surface area contributed by atoms with Crippen LogP contribution in [0.15, 0.2) is 48.9 Å². The fourth-order valence-electron chi connectivity index (χ4n) is 4.08. The van der Waals surface area contributed by atoms with E-state index in [1.807, 2.05) is 6.07 Å². The van der Waals surface area contributed by atoms with Crippen molar-refractivity contribution in [3.05, 3.63) is 59.8 Å². The molecule has 0 atom stereocenters. The molecule has 0 unspecified atom stereocenters. The van der Waals surface area contributed by atoms with Crippen LogP contribution in [0.3, 0.4) is 0 Å². The highest BCUT2D eigenvalue weighted by molar-refractivity contribution is 6.31. The van der Waals surface area contributed by atoms with Crippen LogP contribution < -0.4 is 5.32 Å². The molecule has 1 fully saturated rings. The maximum Gasteiger partial charge on any atom is 0.239 e. The smallest absolute Gasteiger partial charge is 0.239 e. The molecule has 0 radical (unpaired) electrons. The number of likely N-dealkylation sites (N-methyl/N-ethyl adjacent to an activating group) is 1. The maximum absolute atomic E-state index is 13.5. The number of carbonyl (C=O) groups is 1. The fourth-order valence-corrected chi connectivity index (χ4v) is 4.24. The molecule has 5 heterocycles. The third kappa shape index (κ3) is 4.77. The Balaban J connectivity index is 1.46. The number of nitrogens with one attached hydrogen (secondary N) is 2. The van der Waals surface area contributed by atoms with Gasteiger partial charge in [-0.05, 0) is 37.4 Å². The average molecular weight is 480 g/mol. The third-order valence-corrected chi connectivity index (χ3v) is 6.07. The van der Waals surface area contributed by atoms with E-state index in [2.05, 4.69) is 42.1 Å². The summed E-state index contributed by atoms with van der Waals surface area (Å²) < 4.78 is 13.5. The number of aromatic amines is 1. The van der Waals surface area contributed by atoms with Crippen molar-refractivity contribution in [3.63, 3.8) is 0 Å². The van der Waals surface area contributed by atoms with Crippen molar-refractivity contribution in [1.82, 2.24) is 29.7 Å². The molecule has 0 spiro atoms. The number of nitrogens with zero attached hydrogens (tertiary/aromatic N) is 5. The molecule has 10 heteroatoms. The van der Waals surface area contributed by atoms with E-state index in [9.17, 15) is 9.18 Å². The Labute approximate surface area is 200 Å². The van der Waals surface area contributed by atoms with Crippen LogP contribution in [0.5, 0.6) is 0 Å². The molecule has 2 N–H and O–H groups in total. The molecule has 1 saturated heterocycles. The molecule has 0 bridgehead atoms. The summed E-state index contributed by atoms with van der Waals surface area (Å²) in [7, 11) is 2.08. The molecule has 34 heavy (non-hydrogen) atoms. The van der Waals surface area contributed by atoms with Crippen molar-refractivity contribution in [3.8, 4) is 22.5 Å². The van der Waals surface area contributed by atoms with E-state index in [1.165, 1.54) is 12.3 Å². The predicted molar refractivity (Wildman–Crippen MR) is 130 cm³/mol. The maximum atomic E-state index is 13.5. The van der Waals surface area contributed by atoms with Gasteiger partial charge in [-0.3, -0.25) is 19.7 Å². The van der Waals surface area contributed by atoms with Crippen molar-refractivity contribution < 1.29 is 9.18 Å². The highest BCUT2D eigenvalue weighted by Crippen LogP contribution is 2.37. The van der Waals surface area contributed by atoms with Gasteiger partial charge < -0.3 is 15.2 Å². The Morgan fingerprint density at radius 1 is 1.12 bits per heavy atom. The minimum Gasteiger partial charge on any atom is -0.353 e. The monoisotopic (exact) mass is 479 g/mol. The normalized spacial score (nSPS) is 15.0. The molecule has 1 amide bonds. The Morgan fingerprint density at radius 2 is 1.94 bits per heavy atom.